The van der Waals surface area contributed by atoms with Crippen LogP contribution in [0.3, 0.4) is 0 Å². The van der Waals surface area contributed by atoms with E-state index in [2.05, 4.69) is 5.32 Å². The van der Waals surface area contributed by atoms with Crippen LogP contribution in [0.1, 0.15) is 35.2 Å². The zero-order valence-electron chi connectivity index (χ0n) is 13.5. The smallest absolute Gasteiger partial charge is 0.251 e. The summed E-state index contributed by atoms with van der Waals surface area (Å²) in [4.78, 5) is 12.5. The van der Waals surface area contributed by atoms with Crippen molar-refractivity contribution in [1.82, 2.24) is 5.32 Å². The van der Waals surface area contributed by atoms with Gasteiger partial charge < -0.3 is 14.8 Å². The third-order valence-electron chi connectivity index (χ3n) is 5.02. The lowest BCUT2D eigenvalue weighted by molar-refractivity contribution is -0.0259. The van der Waals surface area contributed by atoms with Crippen molar-refractivity contribution in [2.24, 2.45) is 11.8 Å². The molecule has 0 spiro atoms. The number of benzene rings is 1. The van der Waals surface area contributed by atoms with Gasteiger partial charge in [0.25, 0.3) is 5.91 Å². The molecule has 2 heterocycles. The Balaban J connectivity index is 1.68. The molecule has 1 aromatic rings. The molecule has 5 heteroatoms. The molecule has 126 valence electrons. The summed E-state index contributed by atoms with van der Waals surface area (Å²) in [5.74, 6) is 0.287. The highest BCUT2D eigenvalue weighted by atomic mass is 19.1. The minimum Gasteiger partial charge on any atom is -0.381 e. The Morgan fingerprint density at radius 2 is 1.91 bits per heavy atom. The highest BCUT2D eigenvalue weighted by Gasteiger charge is 2.34. The van der Waals surface area contributed by atoms with Gasteiger partial charge in [0.05, 0.1) is 6.61 Å². The number of amides is 1. The quantitative estimate of drug-likeness (QED) is 0.931. The molecule has 0 aliphatic carbocycles. The molecule has 0 radical (unpaired) electrons. The maximum atomic E-state index is 13.7. The van der Waals surface area contributed by atoms with Crippen molar-refractivity contribution in [3.63, 3.8) is 0 Å². The first-order chi connectivity index (χ1) is 11.1. The summed E-state index contributed by atoms with van der Waals surface area (Å²) in [5.41, 5.74) is 0.929. The number of nitrogens with one attached hydrogen (secondary N) is 1. The number of aryl methyl sites for hydroxylation is 1. The fraction of sp³-hybridized carbons (Fsp3) is 0.611. The first kappa shape index (κ1) is 16.4. The number of hydrogen-bond acceptors (Lipinski definition) is 3. The highest BCUT2D eigenvalue weighted by Crippen LogP contribution is 2.30. The van der Waals surface area contributed by atoms with Crippen LogP contribution in [0.2, 0.25) is 0 Å². The SMILES string of the molecule is Cc1ccc(C(=O)N[C@@H]2CCOC[C@@H]2C2CCOCC2)cc1F. The average molecular weight is 321 g/mol. The van der Waals surface area contributed by atoms with Crippen LogP contribution in [-0.2, 0) is 9.47 Å². The molecule has 0 unspecified atom stereocenters. The molecule has 2 aliphatic rings. The third kappa shape index (κ3) is 3.90. The normalized spacial score (nSPS) is 26.0. The third-order valence-corrected chi connectivity index (χ3v) is 5.02. The van der Waals surface area contributed by atoms with Gasteiger partial charge >= 0.3 is 0 Å². The minimum absolute atomic E-state index is 0.0868. The molecule has 2 atom stereocenters. The zero-order chi connectivity index (χ0) is 16.2. The van der Waals surface area contributed by atoms with E-state index in [4.69, 9.17) is 9.47 Å². The topological polar surface area (TPSA) is 47.6 Å². The van der Waals surface area contributed by atoms with Crippen molar-refractivity contribution in [2.45, 2.75) is 32.2 Å². The molecule has 0 aromatic heterocycles. The second-order valence-electron chi connectivity index (χ2n) is 6.52. The number of carbonyl (C=O) groups is 1. The molecule has 0 bridgehead atoms. The molecule has 23 heavy (non-hydrogen) atoms. The minimum atomic E-state index is -0.342. The number of rotatable bonds is 3. The molecule has 1 amide bonds. The van der Waals surface area contributed by atoms with E-state index in [0.717, 1.165) is 32.5 Å². The van der Waals surface area contributed by atoms with E-state index in [-0.39, 0.29) is 17.8 Å². The Morgan fingerprint density at radius 1 is 1.17 bits per heavy atom. The van der Waals surface area contributed by atoms with E-state index >= 15 is 0 Å². The summed E-state index contributed by atoms with van der Waals surface area (Å²) in [7, 11) is 0. The van der Waals surface area contributed by atoms with Crippen molar-refractivity contribution in [3.8, 4) is 0 Å². The van der Waals surface area contributed by atoms with Crippen molar-refractivity contribution in [2.75, 3.05) is 26.4 Å². The fourth-order valence-corrected chi connectivity index (χ4v) is 3.53. The van der Waals surface area contributed by atoms with Gasteiger partial charge in [-0.05, 0) is 49.8 Å². The van der Waals surface area contributed by atoms with Crippen LogP contribution in [0, 0.1) is 24.6 Å². The Hall–Kier alpha value is -1.46. The van der Waals surface area contributed by atoms with E-state index in [1.165, 1.54) is 6.07 Å². The molecule has 1 N–H and O–H groups in total. The Labute approximate surface area is 136 Å². The van der Waals surface area contributed by atoms with Gasteiger partial charge in [0.15, 0.2) is 0 Å². The van der Waals surface area contributed by atoms with E-state index in [1.54, 1.807) is 19.1 Å². The predicted molar refractivity (Wildman–Crippen MR) is 84.9 cm³/mol. The van der Waals surface area contributed by atoms with E-state index in [1.807, 2.05) is 0 Å². The summed E-state index contributed by atoms with van der Waals surface area (Å²) >= 11 is 0. The molecule has 0 saturated carbocycles. The van der Waals surface area contributed by atoms with Gasteiger partial charge in [0, 0.05) is 37.3 Å². The van der Waals surface area contributed by atoms with Crippen molar-refractivity contribution in [3.05, 3.63) is 35.1 Å². The van der Waals surface area contributed by atoms with E-state index in [0.29, 0.717) is 36.2 Å². The van der Waals surface area contributed by atoms with E-state index < -0.39 is 0 Å². The molecule has 2 fully saturated rings. The van der Waals surface area contributed by atoms with Gasteiger partial charge in [-0.2, -0.15) is 0 Å². The molecule has 4 nitrogen and oxygen atoms in total. The molecule has 2 saturated heterocycles. The van der Waals surface area contributed by atoms with Crippen molar-refractivity contribution < 1.29 is 18.7 Å². The second kappa shape index (κ2) is 7.41. The molecular weight excluding hydrogens is 297 g/mol. The monoisotopic (exact) mass is 321 g/mol. The van der Waals surface area contributed by atoms with Crippen LogP contribution in [0.25, 0.3) is 0 Å². The van der Waals surface area contributed by atoms with Crippen LogP contribution in [0.4, 0.5) is 4.39 Å². The number of halogens is 1. The molecule has 2 aliphatic heterocycles. The number of ether oxygens (including phenoxy) is 2. The van der Waals surface area contributed by atoms with Crippen LogP contribution in [0.5, 0.6) is 0 Å². The first-order valence-corrected chi connectivity index (χ1v) is 8.37. The Kier molecular flexibility index (Phi) is 5.28. The first-order valence-electron chi connectivity index (χ1n) is 8.37. The second-order valence-corrected chi connectivity index (χ2v) is 6.52. The van der Waals surface area contributed by atoms with Crippen LogP contribution < -0.4 is 5.32 Å². The standard InChI is InChI=1S/C18H24FNO3/c1-12-2-3-14(10-16(12)19)18(21)20-17-6-9-23-11-15(17)13-4-7-22-8-5-13/h2-3,10,13,15,17H,4-9,11H2,1H3,(H,20,21)/t15-,17-/m1/s1. The maximum absolute atomic E-state index is 13.7. The summed E-state index contributed by atoms with van der Waals surface area (Å²) in [6.07, 6.45) is 2.83. The maximum Gasteiger partial charge on any atom is 0.251 e. The largest absolute Gasteiger partial charge is 0.381 e. The van der Waals surface area contributed by atoms with Crippen molar-refractivity contribution >= 4 is 5.91 Å². The summed E-state index contributed by atoms with van der Waals surface area (Å²) in [6, 6.07) is 4.72. The Bertz CT molecular complexity index is 557. The van der Waals surface area contributed by atoms with Gasteiger partial charge in [-0.25, -0.2) is 4.39 Å². The van der Waals surface area contributed by atoms with E-state index in [9.17, 15) is 9.18 Å². The zero-order valence-corrected chi connectivity index (χ0v) is 13.5. The van der Waals surface area contributed by atoms with Crippen LogP contribution >= 0.6 is 0 Å². The molecule has 3 rings (SSSR count). The molecule has 1 aromatic carbocycles. The molecular formula is C18H24FNO3. The average Bonchev–Trinajstić information content (AvgIpc) is 2.58. The summed E-state index contributed by atoms with van der Waals surface area (Å²) in [5, 5.41) is 3.10. The van der Waals surface area contributed by atoms with Gasteiger partial charge in [0.1, 0.15) is 5.82 Å². The number of hydrogen-bond donors (Lipinski definition) is 1. The van der Waals surface area contributed by atoms with Gasteiger partial charge in [-0.3, -0.25) is 4.79 Å². The predicted octanol–water partition coefficient (Wildman–Crippen LogP) is 2.70. The fourth-order valence-electron chi connectivity index (χ4n) is 3.53. The van der Waals surface area contributed by atoms with Gasteiger partial charge in [-0.15, -0.1) is 0 Å². The number of carbonyl (C=O) groups excluding carboxylic acids is 1. The van der Waals surface area contributed by atoms with Crippen molar-refractivity contribution in [1.29, 1.82) is 0 Å². The summed E-state index contributed by atoms with van der Waals surface area (Å²) < 4.78 is 24.7. The van der Waals surface area contributed by atoms with Crippen LogP contribution in [0.15, 0.2) is 18.2 Å². The lowest BCUT2D eigenvalue weighted by atomic mass is 9.79. The highest BCUT2D eigenvalue weighted by molar-refractivity contribution is 5.94. The van der Waals surface area contributed by atoms with Crippen LogP contribution in [-0.4, -0.2) is 38.4 Å². The summed E-state index contributed by atoms with van der Waals surface area (Å²) in [6.45, 7) is 4.59. The Morgan fingerprint density at radius 3 is 2.65 bits per heavy atom. The van der Waals surface area contributed by atoms with Gasteiger partial charge in [0.2, 0.25) is 0 Å². The van der Waals surface area contributed by atoms with Gasteiger partial charge in [-0.1, -0.05) is 6.07 Å². The lowest BCUT2D eigenvalue weighted by Gasteiger charge is -2.39. The lowest BCUT2D eigenvalue weighted by Crippen LogP contribution is -2.49.